The number of hydrogen-bond acceptors (Lipinski definition) is 3. The van der Waals surface area contributed by atoms with Gasteiger partial charge >= 0.3 is 12.0 Å². The highest BCUT2D eigenvalue weighted by atomic mass is 16.4. The smallest absolute Gasteiger partial charge is 0.325 e. The predicted octanol–water partition coefficient (Wildman–Crippen LogP) is 1.67. The topological polar surface area (TPSA) is 96.3 Å². The van der Waals surface area contributed by atoms with E-state index in [2.05, 4.69) is 15.7 Å². The minimum Gasteiger partial charge on any atom is -0.480 e. The molecule has 7 nitrogen and oxygen atoms in total. The minimum atomic E-state index is -0.983. The van der Waals surface area contributed by atoms with Gasteiger partial charge in [0.25, 0.3) is 0 Å². The first-order valence-electron chi connectivity index (χ1n) is 6.22. The standard InChI is InChI=1S/C12H20N4O3/c1-4-12(3,5-2)15-11(19)14-9-6-13-16(7-9)8-10(17)18/h6-7H,4-5,8H2,1-3H3,(H,17,18)(H2,14,15,19). The maximum absolute atomic E-state index is 11.8. The van der Waals surface area contributed by atoms with Crippen LogP contribution < -0.4 is 10.6 Å². The molecular weight excluding hydrogens is 248 g/mol. The van der Waals surface area contributed by atoms with Gasteiger partial charge in [-0.3, -0.25) is 9.48 Å². The van der Waals surface area contributed by atoms with Gasteiger partial charge in [-0.15, -0.1) is 0 Å². The number of carboxylic acid groups (broad SMARTS) is 1. The van der Waals surface area contributed by atoms with Gasteiger partial charge in [-0.2, -0.15) is 5.10 Å². The highest BCUT2D eigenvalue weighted by Crippen LogP contribution is 2.14. The van der Waals surface area contributed by atoms with Gasteiger partial charge in [0.15, 0.2) is 0 Å². The number of nitrogens with one attached hydrogen (secondary N) is 2. The molecule has 19 heavy (non-hydrogen) atoms. The van der Waals surface area contributed by atoms with Crippen molar-refractivity contribution in [2.45, 2.75) is 45.7 Å². The number of rotatable bonds is 6. The second kappa shape index (κ2) is 6.21. The van der Waals surface area contributed by atoms with E-state index < -0.39 is 5.97 Å². The van der Waals surface area contributed by atoms with Crippen LogP contribution in [0.2, 0.25) is 0 Å². The van der Waals surface area contributed by atoms with Gasteiger partial charge in [0.1, 0.15) is 6.54 Å². The minimum absolute atomic E-state index is 0.231. The Balaban J connectivity index is 2.57. The van der Waals surface area contributed by atoms with Gasteiger partial charge in [0.2, 0.25) is 0 Å². The van der Waals surface area contributed by atoms with Crippen LogP contribution in [0.4, 0.5) is 10.5 Å². The Morgan fingerprint density at radius 1 is 1.42 bits per heavy atom. The maximum Gasteiger partial charge on any atom is 0.325 e. The van der Waals surface area contributed by atoms with E-state index >= 15 is 0 Å². The first-order chi connectivity index (χ1) is 8.88. The molecule has 0 saturated heterocycles. The summed E-state index contributed by atoms with van der Waals surface area (Å²) in [6, 6.07) is -0.318. The van der Waals surface area contributed by atoms with Gasteiger partial charge < -0.3 is 15.7 Å². The van der Waals surface area contributed by atoms with E-state index in [4.69, 9.17) is 5.11 Å². The van der Waals surface area contributed by atoms with Crippen molar-refractivity contribution >= 4 is 17.7 Å². The van der Waals surface area contributed by atoms with Crippen molar-refractivity contribution in [3.63, 3.8) is 0 Å². The number of nitrogens with zero attached hydrogens (tertiary/aromatic N) is 2. The molecule has 2 amide bonds. The molecule has 1 aromatic rings. The van der Waals surface area contributed by atoms with E-state index in [1.165, 1.54) is 17.1 Å². The molecule has 1 aromatic heterocycles. The number of urea groups is 1. The third kappa shape index (κ3) is 4.61. The number of carbonyl (C=O) groups is 2. The Morgan fingerprint density at radius 2 is 2.05 bits per heavy atom. The fourth-order valence-electron chi connectivity index (χ4n) is 1.52. The van der Waals surface area contributed by atoms with E-state index in [1.54, 1.807) is 0 Å². The molecule has 0 fully saturated rings. The van der Waals surface area contributed by atoms with Gasteiger partial charge in [-0.1, -0.05) is 13.8 Å². The zero-order valence-corrected chi connectivity index (χ0v) is 11.4. The molecule has 0 aromatic carbocycles. The lowest BCUT2D eigenvalue weighted by atomic mass is 9.96. The molecule has 0 aliphatic rings. The molecular formula is C12H20N4O3. The second-order valence-corrected chi connectivity index (χ2v) is 4.67. The molecule has 1 heterocycles. The summed E-state index contributed by atoms with van der Waals surface area (Å²) in [5, 5.41) is 18.0. The molecule has 0 aliphatic carbocycles. The monoisotopic (exact) mass is 268 g/mol. The number of carbonyl (C=O) groups excluding carboxylic acids is 1. The van der Waals surface area contributed by atoms with Crippen LogP contribution >= 0.6 is 0 Å². The van der Waals surface area contributed by atoms with Crippen LogP contribution in [-0.4, -0.2) is 32.4 Å². The SMILES string of the molecule is CCC(C)(CC)NC(=O)Nc1cnn(CC(=O)O)c1. The van der Waals surface area contributed by atoms with Gasteiger partial charge in [0, 0.05) is 11.7 Å². The van der Waals surface area contributed by atoms with Crippen LogP contribution in [-0.2, 0) is 11.3 Å². The highest BCUT2D eigenvalue weighted by molar-refractivity contribution is 5.89. The van der Waals surface area contributed by atoms with Crippen molar-refractivity contribution in [3.05, 3.63) is 12.4 Å². The molecule has 0 bridgehead atoms. The Hall–Kier alpha value is -2.05. The number of hydrogen-bond donors (Lipinski definition) is 3. The maximum atomic E-state index is 11.8. The van der Waals surface area contributed by atoms with Crippen molar-refractivity contribution in [2.75, 3.05) is 5.32 Å². The highest BCUT2D eigenvalue weighted by Gasteiger charge is 2.21. The van der Waals surface area contributed by atoms with Crippen LogP contribution in [0.15, 0.2) is 12.4 Å². The third-order valence-electron chi connectivity index (χ3n) is 3.16. The molecule has 7 heteroatoms. The number of aromatic nitrogens is 2. The van der Waals surface area contributed by atoms with E-state index in [-0.39, 0.29) is 18.1 Å². The molecule has 0 spiro atoms. The van der Waals surface area contributed by atoms with Crippen molar-refractivity contribution < 1.29 is 14.7 Å². The van der Waals surface area contributed by atoms with E-state index in [0.29, 0.717) is 5.69 Å². The van der Waals surface area contributed by atoms with Gasteiger partial charge in [0.05, 0.1) is 11.9 Å². The summed E-state index contributed by atoms with van der Waals surface area (Å²) in [7, 11) is 0. The summed E-state index contributed by atoms with van der Waals surface area (Å²) in [5.74, 6) is -0.983. The van der Waals surface area contributed by atoms with Crippen LogP contribution in [0.1, 0.15) is 33.6 Å². The first kappa shape index (κ1) is 15.0. The van der Waals surface area contributed by atoms with Crippen molar-refractivity contribution in [1.82, 2.24) is 15.1 Å². The number of carboxylic acids is 1. The Morgan fingerprint density at radius 3 is 2.58 bits per heavy atom. The average Bonchev–Trinajstić information content (AvgIpc) is 2.75. The summed E-state index contributed by atoms with van der Waals surface area (Å²) in [4.78, 5) is 22.3. The molecule has 0 aliphatic heterocycles. The Bertz CT molecular complexity index is 452. The molecule has 0 radical (unpaired) electrons. The number of aliphatic carboxylic acids is 1. The van der Waals surface area contributed by atoms with E-state index in [9.17, 15) is 9.59 Å². The fraction of sp³-hybridized carbons (Fsp3) is 0.583. The first-order valence-corrected chi connectivity index (χ1v) is 6.22. The summed E-state index contributed by atoms with van der Waals surface area (Å²) in [5.41, 5.74) is 0.217. The Labute approximate surface area is 112 Å². The Kier molecular flexibility index (Phi) is 4.91. The quantitative estimate of drug-likeness (QED) is 0.731. The molecule has 0 saturated carbocycles. The lowest BCUT2D eigenvalue weighted by molar-refractivity contribution is -0.137. The third-order valence-corrected chi connectivity index (χ3v) is 3.16. The van der Waals surface area contributed by atoms with Crippen LogP contribution in [0.25, 0.3) is 0 Å². The summed E-state index contributed by atoms with van der Waals surface area (Å²) in [6.07, 6.45) is 4.55. The summed E-state index contributed by atoms with van der Waals surface area (Å²) < 4.78 is 1.25. The van der Waals surface area contributed by atoms with Crippen LogP contribution in [0, 0.1) is 0 Å². The summed E-state index contributed by atoms with van der Waals surface area (Å²) >= 11 is 0. The zero-order chi connectivity index (χ0) is 14.5. The fourth-order valence-corrected chi connectivity index (χ4v) is 1.52. The second-order valence-electron chi connectivity index (χ2n) is 4.67. The lowest BCUT2D eigenvalue weighted by Gasteiger charge is -2.28. The van der Waals surface area contributed by atoms with E-state index in [0.717, 1.165) is 12.8 Å². The average molecular weight is 268 g/mol. The summed E-state index contributed by atoms with van der Waals surface area (Å²) in [6.45, 7) is 5.76. The molecule has 1 rings (SSSR count). The zero-order valence-electron chi connectivity index (χ0n) is 11.4. The normalized spacial score (nSPS) is 11.1. The molecule has 3 N–H and O–H groups in total. The molecule has 0 unspecified atom stereocenters. The van der Waals surface area contributed by atoms with Crippen molar-refractivity contribution in [3.8, 4) is 0 Å². The van der Waals surface area contributed by atoms with Crippen LogP contribution in [0.5, 0.6) is 0 Å². The lowest BCUT2D eigenvalue weighted by Crippen LogP contribution is -2.46. The largest absolute Gasteiger partial charge is 0.480 e. The van der Waals surface area contributed by atoms with Gasteiger partial charge in [-0.25, -0.2) is 4.79 Å². The number of amides is 2. The predicted molar refractivity (Wildman–Crippen MR) is 71.0 cm³/mol. The van der Waals surface area contributed by atoms with Crippen molar-refractivity contribution in [1.29, 1.82) is 0 Å². The molecule has 0 atom stereocenters. The molecule has 106 valence electrons. The number of anilines is 1. The van der Waals surface area contributed by atoms with Crippen LogP contribution in [0.3, 0.4) is 0 Å². The van der Waals surface area contributed by atoms with Crippen molar-refractivity contribution in [2.24, 2.45) is 0 Å². The van der Waals surface area contributed by atoms with E-state index in [1.807, 2.05) is 20.8 Å². The van der Waals surface area contributed by atoms with Gasteiger partial charge in [-0.05, 0) is 19.8 Å².